The Kier molecular flexibility index (Phi) is 8.02. The van der Waals surface area contributed by atoms with E-state index in [-0.39, 0.29) is 12.4 Å². The molecule has 19 heavy (non-hydrogen) atoms. The number of carbonyl (C=O) groups excluding carboxylic acids is 1. The fourth-order valence-electron chi connectivity index (χ4n) is 1.32. The molecule has 0 aliphatic rings. The number of ether oxygens (including phenoxy) is 3. The number of Topliss-reactive ketones (excluding diaryl/α,β-unsaturated/α-hetero) is 1. The highest BCUT2D eigenvalue weighted by Crippen LogP contribution is 2.21. The Morgan fingerprint density at radius 3 is 2.47 bits per heavy atom. The van der Waals surface area contributed by atoms with Crippen molar-refractivity contribution in [1.29, 1.82) is 0 Å². The third-order valence-corrected chi connectivity index (χ3v) is 2.82. The zero-order valence-corrected chi connectivity index (χ0v) is 12.2. The average molecular weight is 307 g/mol. The van der Waals surface area contributed by atoms with E-state index in [4.69, 9.17) is 37.4 Å². The Bertz CT molecular complexity index is 410. The molecular weight excluding hydrogens is 291 g/mol. The molecule has 0 aliphatic carbocycles. The second kappa shape index (κ2) is 9.28. The third-order valence-electron chi connectivity index (χ3n) is 2.27. The number of carbonyl (C=O) groups is 1. The van der Waals surface area contributed by atoms with Crippen molar-refractivity contribution >= 4 is 29.0 Å². The molecule has 4 nitrogen and oxygen atoms in total. The van der Waals surface area contributed by atoms with Gasteiger partial charge in [-0.25, -0.2) is 0 Å². The van der Waals surface area contributed by atoms with Gasteiger partial charge in [0.15, 0.2) is 5.78 Å². The predicted octanol–water partition coefficient (Wildman–Crippen LogP) is 2.86. The number of benzene rings is 1. The Morgan fingerprint density at radius 1 is 1.11 bits per heavy atom. The van der Waals surface area contributed by atoms with Crippen molar-refractivity contribution in [3.8, 4) is 0 Å². The average Bonchev–Trinajstić information content (AvgIpc) is 2.37. The summed E-state index contributed by atoms with van der Waals surface area (Å²) in [6, 6.07) is 4.74. The van der Waals surface area contributed by atoms with E-state index >= 15 is 0 Å². The summed E-state index contributed by atoms with van der Waals surface area (Å²) in [6.07, 6.45) is 0. The van der Waals surface area contributed by atoms with Crippen LogP contribution in [-0.2, 0) is 14.2 Å². The predicted molar refractivity (Wildman–Crippen MR) is 74.3 cm³/mol. The van der Waals surface area contributed by atoms with Gasteiger partial charge in [-0.2, -0.15) is 0 Å². The lowest BCUT2D eigenvalue weighted by molar-refractivity contribution is 0.0253. The Morgan fingerprint density at radius 2 is 1.79 bits per heavy atom. The monoisotopic (exact) mass is 306 g/mol. The van der Waals surface area contributed by atoms with Crippen LogP contribution in [0.2, 0.25) is 10.0 Å². The highest BCUT2D eigenvalue weighted by Gasteiger charge is 2.10. The molecule has 1 rings (SSSR count). The molecule has 0 spiro atoms. The van der Waals surface area contributed by atoms with E-state index in [1.165, 1.54) is 6.07 Å². The van der Waals surface area contributed by atoms with E-state index in [0.29, 0.717) is 42.0 Å². The molecule has 0 saturated heterocycles. The van der Waals surface area contributed by atoms with E-state index in [1.54, 1.807) is 19.2 Å². The Balaban J connectivity index is 2.24. The van der Waals surface area contributed by atoms with Gasteiger partial charge >= 0.3 is 0 Å². The number of halogens is 2. The topological polar surface area (TPSA) is 44.8 Å². The second-order valence-electron chi connectivity index (χ2n) is 3.71. The van der Waals surface area contributed by atoms with E-state index in [2.05, 4.69) is 0 Å². The van der Waals surface area contributed by atoms with Crippen LogP contribution in [0, 0.1) is 0 Å². The van der Waals surface area contributed by atoms with Crippen LogP contribution in [0.25, 0.3) is 0 Å². The number of methoxy groups -OCH3 is 1. The summed E-state index contributed by atoms with van der Waals surface area (Å²) in [5.41, 5.74) is 0.409. The minimum atomic E-state index is -0.182. The fraction of sp³-hybridized carbons (Fsp3) is 0.462. The molecule has 0 amide bonds. The van der Waals surface area contributed by atoms with E-state index in [1.807, 2.05) is 0 Å². The largest absolute Gasteiger partial charge is 0.382 e. The maximum Gasteiger partial charge on any atom is 0.189 e. The molecule has 0 unspecified atom stereocenters. The molecule has 0 fully saturated rings. The summed E-state index contributed by atoms with van der Waals surface area (Å²) in [6.45, 7) is 1.79. The second-order valence-corrected chi connectivity index (χ2v) is 4.55. The lowest BCUT2D eigenvalue weighted by Crippen LogP contribution is -2.14. The molecule has 0 aromatic heterocycles. The minimum Gasteiger partial charge on any atom is -0.382 e. The van der Waals surface area contributed by atoms with Gasteiger partial charge in [0.25, 0.3) is 0 Å². The Hall–Kier alpha value is -0.650. The maximum absolute atomic E-state index is 11.8. The molecule has 0 N–H and O–H groups in total. The summed E-state index contributed by atoms with van der Waals surface area (Å²) in [5, 5.41) is 0.825. The molecular formula is C13H16Cl2O4. The molecule has 106 valence electrons. The number of hydrogen-bond acceptors (Lipinski definition) is 4. The summed E-state index contributed by atoms with van der Waals surface area (Å²) in [5.74, 6) is -0.182. The number of rotatable bonds is 9. The van der Waals surface area contributed by atoms with E-state index in [0.717, 1.165) is 0 Å². The van der Waals surface area contributed by atoms with Gasteiger partial charge in [-0.3, -0.25) is 4.79 Å². The van der Waals surface area contributed by atoms with Gasteiger partial charge in [-0.05, 0) is 18.2 Å². The first kappa shape index (κ1) is 16.4. The van der Waals surface area contributed by atoms with Crippen LogP contribution in [0.1, 0.15) is 10.4 Å². The van der Waals surface area contributed by atoms with Crippen molar-refractivity contribution in [3.05, 3.63) is 33.8 Å². The zero-order valence-electron chi connectivity index (χ0n) is 10.7. The molecule has 0 radical (unpaired) electrons. The molecule has 0 atom stereocenters. The van der Waals surface area contributed by atoms with Crippen LogP contribution in [0.15, 0.2) is 18.2 Å². The molecule has 0 aliphatic heterocycles. The van der Waals surface area contributed by atoms with Gasteiger partial charge in [0.05, 0.1) is 31.5 Å². The highest BCUT2D eigenvalue weighted by atomic mass is 35.5. The van der Waals surface area contributed by atoms with Gasteiger partial charge in [-0.1, -0.05) is 23.2 Å². The smallest absolute Gasteiger partial charge is 0.189 e. The summed E-state index contributed by atoms with van der Waals surface area (Å²) in [4.78, 5) is 11.8. The zero-order chi connectivity index (χ0) is 14.1. The van der Waals surface area contributed by atoms with Gasteiger partial charge in [0, 0.05) is 17.7 Å². The lowest BCUT2D eigenvalue weighted by atomic mass is 10.1. The number of ketones is 1. The van der Waals surface area contributed by atoms with Crippen LogP contribution in [0.4, 0.5) is 0 Å². The third kappa shape index (κ3) is 6.36. The first-order chi connectivity index (χ1) is 9.15. The molecule has 0 bridgehead atoms. The quantitative estimate of drug-likeness (QED) is 0.520. The van der Waals surface area contributed by atoms with Gasteiger partial charge < -0.3 is 14.2 Å². The van der Waals surface area contributed by atoms with Crippen LogP contribution in [0.5, 0.6) is 0 Å². The van der Waals surface area contributed by atoms with Gasteiger partial charge in [0.2, 0.25) is 0 Å². The van der Waals surface area contributed by atoms with Gasteiger partial charge in [0.1, 0.15) is 6.61 Å². The van der Waals surface area contributed by atoms with Crippen molar-refractivity contribution in [2.45, 2.75) is 0 Å². The molecule has 6 heteroatoms. The molecule has 0 heterocycles. The lowest BCUT2D eigenvalue weighted by Gasteiger charge is -2.06. The van der Waals surface area contributed by atoms with Crippen molar-refractivity contribution in [3.63, 3.8) is 0 Å². The van der Waals surface area contributed by atoms with Gasteiger partial charge in [-0.15, -0.1) is 0 Å². The fourth-order valence-corrected chi connectivity index (χ4v) is 1.83. The van der Waals surface area contributed by atoms with Crippen molar-refractivity contribution < 1.29 is 19.0 Å². The van der Waals surface area contributed by atoms with Crippen LogP contribution < -0.4 is 0 Å². The summed E-state index contributed by atoms with van der Waals surface area (Å²) >= 11 is 11.7. The van der Waals surface area contributed by atoms with E-state index in [9.17, 15) is 4.79 Å². The summed E-state index contributed by atoms with van der Waals surface area (Å²) < 4.78 is 15.2. The van der Waals surface area contributed by atoms with Crippen molar-refractivity contribution in [2.24, 2.45) is 0 Å². The molecule has 0 saturated carbocycles. The van der Waals surface area contributed by atoms with E-state index < -0.39 is 0 Å². The SMILES string of the molecule is COCCOCCOCC(=O)c1ccc(Cl)cc1Cl. The van der Waals surface area contributed by atoms with Crippen molar-refractivity contribution in [2.75, 3.05) is 40.1 Å². The number of hydrogen-bond donors (Lipinski definition) is 0. The highest BCUT2D eigenvalue weighted by molar-refractivity contribution is 6.36. The van der Waals surface area contributed by atoms with Crippen LogP contribution in [-0.4, -0.2) is 45.9 Å². The molecule has 1 aromatic carbocycles. The van der Waals surface area contributed by atoms with Crippen LogP contribution >= 0.6 is 23.2 Å². The standard InChI is InChI=1S/C13H16Cl2O4/c1-17-4-5-18-6-7-19-9-13(16)11-3-2-10(14)8-12(11)15/h2-3,8H,4-7,9H2,1H3. The first-order valence-electron chi connectivity index (χ1n) is 5.78. The first-order valence-corrected chi connectivity index (χ1v) is 6.53. The minimum absolute atomic E-state index is 0.0327. The van der Waals surface area contributed by atoms with Crippen LogP contribution in [0.3, 0.4) is 0 Å². The Labute approximate surface area is 122 Å². The van der Waals surface area contributed by atoms with Crippen molar-refractivity contribution in [1.82, 2.24) is 0 Å². The maximum atomic E-state index is 11.8. The normalized spacial score (nSPS) is 10.7. The summed E-state index contributed by atoms with van der Waals surface area (Å²) in [7, 11) is 1.61. The molecule has 1 aromatic rings.